The number of carbonyl (C=O) groups excluding carboxylic acids is 1. The topological polar surface area (TPSA) is 92.7 Å². The number of rotatable bonds is 5. The summed E-state index contributed by atoms with van der Waals surface area (Å²) in [5, 5.41) is 0.895. The second-order valence-corrected chi connectivity index (χ2v) is 10.0. The van der Waals surface area contributed by atoms with E-state index in [2.05, 4.69) is 16.5 Å². The minimum Gasteiger partial charge on any atom is -0.439 e. The highest BCUT2D eigenvalue weighted by Crippen LogP contribution is 2.33. The lowest BCUT2D eigenvalue weighted by Gasteiger charge is -2.35. The fraction of sp³-hybridized carbons (Fsp3) is 0.409. The Bertz CT molecular complexity index is 1190. The summed E-state index contributed by atoms with van der Waals surface area (Å²) in [5.74, 6) is -0.149. The van der Waals surface area contributed by atoms with E-state index in [0.717, 1.165) is 17.5 Å². The first-order valence-corrected chi connectivity index (χ1v) is 12.2. The van der Waals surface area contributed by atoms with Gasteiger partial charge in [0.2, 0.25) is 21.8 Å². The Morgan fingerprint density at radius 3 is 2.59 bits per heavy atom. The van der Waals surface area contributed by atoms with Crippen LogP contribution in [0.5, 0.6) is 11.6 Å². The normalized spacial score (nSPS) is 19.4. The number of nitrogens with zero attached hydrogens (tertiary/aromatic N) is 4. The van der Waals surface area contributed by atoms with Gasteiger partial charge >= 0.3 is 6.18 Å². The number of benzene rings is 1. The fourth-order valence-corrected chi connectivity index (χ4v) is 5.14. The van der Waals surface area contributed by atoms with E-state index in [0.29, 0.717) is 43.6 Å². The van der Waals surface area contributed by atoms with E-state index < -0.39 is 27.7 Å². The van der Waals surface area contributed by atoms with Crippen LogP contribution in [0.2, 0.25) is 0 Å². The van der Waals surface area contributed by atoms with E-state index in [1.807, 2.05) is 0 Å². The summed E-state index contributed by atoms with van der Waals surface area (Å²) in [5.41, 5.74) is 0.495. The number of fused-ring (bicyclic) bond motifs is 1. The molecule has 2 aliphatic heterocycles. The predicted molar refractivity (Wildman–Crippen MR) is 116 cm³/mol. The number of aromatic nitrogens is 2. The summed E-state index contributed by atoms with van der Waals surface area (Å²) in [7, 11) is -3.59. The Kier molecular flexibility index (Phi) is 6.63. The molecule has 0 bridgehead atoms. The summed E-state index contributed by atoms with van der Waals surface area (Å²) in [6.07, 6.45) is -1.57. The lowest BCUT2D eigenvalue weighted by molar-refractivity contribution is -0.138. The second-order valence-electron chi connectivity index (χ2n) is 8.15. The van der Waals surface area contributed by atoms with Crippen molar-refractivity contribution in [3.8, 4) is 11.6 Å². The first kappa shape index (κ1) is 24.1. The summed E-state index contributed by atoms with van der Waals surface area (Å²) < 4.78 is 69.5. The third-order valence-corrected chi connectivity index (χ3v) is 7.45. The minimum atomic E-state index is -4.44. The molecular formula is C22H23F3N4O4S. The zero-order chi connectivity index (χ0) is 24.5. The van der Waals surface area contributed by atoms with E-state index in [4.69, 9.17) is 4.74 Å². The van der Waals surface area contributed by atoms with Crippen molar-refractivity contribution in [1.29, 1.82) is 0 Å². The fourth-order valence-electron chi connectivity index (χ4n) is 4.16. The third-order valence-electron chi connectivity index (χ3n) is 5.98. The average Bonchev–Trinajstić information content (AvgIpc) is 2.83. The predicted octanol–water partition coefficient (Wildman–Crippen LogP) is 3.36. The van der Waals surface area contributed by atoms with Gasteiger partial charge in [-0.25, -0.2) is 18.4 Å². The third kappa shape index (κ3) is 5.07. The summed E-state index contributed by atoms with van der Waals surface area (Å²) in [6, 6.07) is 4.32. The minimum absolute atomic E-state index is 0.114. The van der Waals surface area contributed by atoms with Crippen molar-refractivity contribution in [2.24, 2.45) is 5.92 Å². The molecule has 1 aromatic carbocycles. The summed E-state index contributed by atoms with van der Waals surface area (Å²) >= 11 is 0. The Hall–Kier alpha value is -2.99. The van der Waals surface area contributed by atoms with Crippen LogP contribution in [0.4, 0.5) is 13.2 Å². The number of hydrogen-bond acceptors (Lipinski definition) is 6. The molecule has 2 aromatic rings. The Labute approximate surface area is 195 Å². The van der Waals surface area contributed by atoms with Gasteiger partial charge in [0, 0.05) is 30.6 Å². The van der Waals surface area contributed by atoms with Crippen LogP contribution in [-0.4, -0.2) is 53.1 Å². The van der Waals surface area contributed by atoms with Crippen LogP contribution in [0, 0.1) is 5.92 Å². The molecule has 3 heterocycles. The average molecular weight is 497 g/mol. The number of sulfonamides is 1. The van der Waals surface area contributed by atoms with E-state index >= 15 is 0 Å². The van der Waals surface area contributed by atoms with E-state index in [9.17, 15) is 26.4 Å². The maximum absolute atomic E-state index is 13.1. The van der Waals surface area contributed by atoms with Crippen LogP contribution in [0.15, 0.2) is 42.6 Å². The van der Waals surface area contributed by atoms with Gasteiger partial charge in [-0.15, -0.1) is 0 Å². The van der Waals surface area contributed by atoms with Gasteiger partial charge in [0.05, 0.1) is 23.7 Å². The smallest absolute Gasteiger partial charge is 0.416 e. The lowest BCUT2D eigenvalue weighted by atomic mass is 9.96. The second kappa shape index (κ2) is 9.34. The number of alkyl halides is 3. The van der Waals surface area contributed by atoms with Gasteiger partial charge in [-0.05, 0) is 43.5 Å². The highest BCUT2D eigenvalue weighted by Gasteiger charge is 2.35. The Balaban J connectivity index is 1.46. The number of amides is 1. The monoisotopic (exact) mass is 496 g/mol. The molecule has 0 radical (unpaired) electrons. The SMILES string of the molecule is C=CS(=O)(=O)N1CCCC(C(=O)N2CCc3c(ncnc3Oc3ccc(C(F)(F)F)cc3)C2)C1. The molecule has 8 nitrogen and oxygen atoms in total. The van der Waals surface area contributed by atoms with Gasteiger partial charge in [-0.3, -0.25) is 4.79 Å². The largest absolute Gasteiger partial charge is 0.439 e. The molecule has 12 heteroatoms. The standard InChI is InChI=1S/C22H23F3N4O4S/c1-2-34(31,32)29-10-3-4-15(12-29)21(30)28-11-9-18-19(13-28)26-14-27-20(18)33-17-7-5-16(6-8-17)22(23,24)25/h2,5-8,14-15H,1,3-4,9-13H2. The summed E-state index contributed by atoms with van der Waals surface area (Å²) in [6.45, 7) is 4.40. The molecular weight excluding hydrogens is 473 g/mol. The Morgan fingerprint density at radius 2 is 1.91 bits per heavy atom. The molecule has 1 amide bonds. The highest BCUT2D eigenvalue weighted by atomic mass is 32.2. The number of piperidine rings is 1. The molecule has 1 aromatic heterocycles. The molecule has 4 rings (SSSR count). The molecule has 0 N–H and O–H groups in total. The van der Waals surface area contributed by atoms with Gasteiger partial charge < -0.3 is 9.64 Å². The molecule has 0 saturated carbocycles. The molecule has 0 spiro atoms. The molecule has 1 saturated heterocycles. The van der Waals surface area contributed by atoms with E-state index in [1.54, 1.807) is 4.90 Å². The van der Waals surface area contributed by atoms with Crippen molar-refractivity contribution >= 4 is 15.9 Å². The van der Waals surface area contributed by atoms with Gasteiger partial charge in [0.1, 0.15) is 12.1 Å². The van der Waals surface area contributed by atoms with E-state index in [-0.39, 0.29) is 30.6 Å². The quantitative estimate of drug-likeness (QED) is 0.631. The van der Waals surface area contributed by atoms with Crippen molar-refractivity contribution < 1.29 is 31.1 Å². The van der Waals surface area contributed by atoms with Crippen LogP contribution in [0.25, 0.3) is 0 Å². The van der Waals surface area contributed by atoms with Crippen molar-refractivity contribution in [3.05, 3.63) is 59.4 Å². The molecule has 2 aliphatic rings. The molecule has 1 fully saturated rings. The molecule has 1 unspecified atom stereocenters. The van der Waals surface area contributed by atoms with Crippen molar-refractivity contribution in [2.45, 2.75) is 32.0 Å². The summed E-state index contributed by atoms with van der Waals surface area (Å²) in [4.78, 5) is 23.2. The number of hydrogen-bond donors (Lipinski definition) is 0. The van der Waals surface area contributed by atoms with Gasteiger partial charge in [0.15, 0.2) is 0 Å². The number of carbonyl (C=O) groups is 1. The molecule has 0 aliphatic carbocycles. The zero-order valence-electron chi connectivity index (χ0n) is 18.2. The maximum Gasteiger partial charge on any atom is 0.416 e. The van der Waals surface area contributed by atoms with Crippen LogP contribution in [0.1, 0.15) is 29.7 Å². The maximum atomic E-state index is 13.1. The van der Waals surface area contributed by atoms with E-state index in [1.165, 1.54) is 22.8 Å². The number of ether oxygens (including phenoxy) is 1. The molecule has 182 valence electrons. The van der Waals surface area contributed by atoms with Gasteiger partial charge in [-0.2, -0.15) is 17.5 Å². The Morgan fingerprint density at radius 1 is 1.18 bits per heavy atom. The van der Waals surface area contributed by atoms with Crippen molar-refractivity contribution in [3.63, 3.8) is 0 Å². The van der Waals surface area contributed by atoms with Gasteiger partial charge in [-0.1, -0.05) is 6.58 Å². The highest BCUT2D eigenvalue weighted by molar-refractivity contribution is 7.92. The number of halogens is 3. The van der Waals surface area contributed by atoms with Crippen LogP contribution in [-0.2, 0) is 34.0 Å². The lowest BCUT2D eigenvalue weighted by Crippen LogP contribution is -2.47. The molecule has 34 heavy (non-hydrogen) atoms. The van der Waals surface area contributed by atoms with Gasteiger partial charge in [0.25, 0.3) is 0 Å². The molecule has 1 atom stereocenters. The van der Waals surface area contributed by atoms with Crippen LogP contribution < -0.4 is 4.74 Å². The first-order valence-electron chi connectivity index (χ1n) is 10.7. The van der Waals surface area contributed by atoms with Crippen LogP contribution in [0.3, 0.4) is 0 Å². The first-order chi connectivity index (χ1) is 16.1. The zero-order valence-corrected chi connectivity index (χ0v) is 19.0. The van der Waals surface area contributed by atoms with Crippen LogP contribution >= 0.6 is 0 Å². The van der Waals surface area contributed by atoms with Crippen molar-refractivity contribution in [1.82, 2.24) is 19.2 Å². The van der Waals surface area contributed by atoms with Crippen molar-refractivity contribution in [2.75, 3.05) is 19.6 Å².